The molecule has 1 amide bonds. The Morgan fingerprint density at radius 1 is 1.39 bits per heavy atom. The summed E-state index contributed by atoms with van der Waals surface area (Å²) in [5, 5.41) is 12.5. The Morgan fingerprint density at radius 2 is 2.06 bits per heavy atom. The molecule has 0 bridgehead atoms. The summed E-state index contributed by atoms with van der Waals surface area (Å²) >= 11 is 0. The third-order valence-electron chi connectivity index (χ3n) is 3.54. The number of alkyl carbamates (subject to hydrolysis) is 1. The molecule has 1 saturated carbocycles. The second-order valence-electron chi connectivity index (χ2n) is 6.60. The van der Waals surface area contributed by atoms with Crippen molar-refractivity contribution in [2.45, 2.75) is 70.9 Å². The smallest absolute Gasteiger partial charge is 0.408 e. The molecule has 1 aliphatic rings. The van der Waals surface area contributed by atoms with Gasteiger partial charge in [-0.3, -0.25) is 0 Å². The van der Waals surface area contributed by atoms with Crippen LogP contribution in [0.3, 0.4) is 0 Å². The zero-order valence-electron chi connectivity index (χ0n) is 12.1. The predicted molar refractivity (Wildman–Crippen MR) is 71.4 cm³/mol. The van der Waals surface area contributed by atoms with Crippen molar-refractivity contribution in [3.63, 3.8) is 0 Å². The van der Waals surface area contributed by atoms with Gasteiger partial charge in [0.15, 0.2) is 0 Å². The van der Waals surface area contributed by atoms with Crippen molar-refractivity contribution >= 4 is 6.09 Å². The number of carbonyl (C=O) groups excluding carboxylic acids is 1. The third kappa shape index (κ3) is 4.84. The van der Waals surface area contributed by atoms with E-state index in [4.69, 9.17) is 4.74 Å². The molecule has 2 atom stereocenters. The number of nitrogens with one attached hydrogen (secondary N) is 1. The highest BCUT2D eigenvalue weighted by atomic mass is 16.6. The first-order chi connectivity index (χ1) is 8.26. The number of aliphatic hydroxyl groups is 1. The Morgan fingerprint density at radius 3 is 2.61 bits per heavy atom. The maximum Gasteiger partial charge on any atom is 0.408 e. The Hall–Kier alpha value is -0.770. The Bertz CT molecular complexity index is 285. The lowest BCUT2D eigenvalue weighted by Gasteiger charge is -2.33. The maximum atomic E-state index is 11.8. The number of hydrogen-bond acceptors (Lipinski definition) is 3. The quantitative estimate of drug-likeness (QED) is 0.748. The minimum absolute atomic E-state index is 0.0149. The summed E-state index contributed by atoms with van der Waals surface area (Å²) in [6, 6.07) is 0. The molecule has 106 valence electrons. The van der Waals surface area contributed by atoms with Crippen LogP contribution < -0.4 is 5.32 Å². The van der Waals surface area contributed by atoms with E-state index in [0.717, 1.165) is 32.1 Å². The largest absolute Gasteiger partial charge is 0.444 e. The van der Waals surface area contributed by atoms with E-state index in [1.54, 1.807) is 0 Å². The van der Waals surface area contributed by atoms with Gasteiger partial charge in [0, 0.05) is 0 Å². The van der Waals surface area contributed by atoms with Crippen molar-refractivity contribution in [2.75, 3.05) is 6.61 Å². The van der Waals surface area contributed by atoms with Crippen LogP contribution in [-0.4, -0.2) is 28.9 Å². The molecule has 0 radical (unpaired) electrons. The lowest BCUT2D eigenvalue weighted by atomic mass is 9.91. The van der Waals surface area contributed by atoms with Gasteiger partial charge in [-0.1, -0.05) is 19.8 Å². The number of ether oxygens (including phenoxy) is 1. The van der Waals surface area contributed by atoms with Crippen molar-refractivity contribution in [1.29, 1.82) is 0 Å². The van der Waals surface area contributed by atoms with E-state index in [2.05, 4.69) is 12.2 Å². The van der Waals surface area contributed by atoms with Gasteiger partial charge in [-0.2, -0.15) is 0 Å². The molecule has 0 heterocycles. The SMILES string of the molecule is CC1CCCC(CO)(NC(=O)OC(C)(C)C)CC1. The van der Waals surface area contributed by atoms with E-state index in [-0.39, 0.29) is 6.61 Å². The Balaban J connectivity index is 2.62. The molecule has 4 nitrogen and oxygen atoms in total. The van der Waals surface area contributed by atoms with Crippen molar-refractivity contribution in [3.8, 4) is 0 Å². The molecule has 2 N–H and O–H groups in total. The molecule has 1 fully saturated rings. The lowest BCUT2D eigenvalue weighted by molar-refractivity contribution is 0.0375. The highest BCUT2D eigenvalue weighted by molar-refractivity contribution is 5.68. The summed E-state index contributed by atoms with van der Waals surface area (Å²) in [7, 11) is 0. The maximum absolute atomic E-state index is 11.8. The highest BCUT2D eigenvalue weighted by Crippen LogP contribution is 2.30. The first-order valence-electron chi connectivity index (χ1n) is 6.88. The van der Waals surface area contributed by atoms with E-state index >= 15 is 0 Å². The lowest BCUT2D eigenvalue weighted by Crippen LogP contribution is -2.52. The molecule has 0 aromatic heterocycles. The van der Waals surface area contributed by atoms with Crippen LogP contribution in [0.1, 0.15) is 59.8 Å². The Kier molecular flexibility index (Phi) is 5.02. The fourth-order valence-corrected chi connectivity index (χ4v) is 2.42. The average Bonchev–Trinajstić information content (AvgIpc) is 2.39. The van der Waals surface area contributed by atoms with Gasteiger partial charge in [0.05, 0.1) is 12.1 Å². The number of hydrogen-bond donors (Lipinski definition) is 2. The molecule has 0 aliphatic heterocycles. The fourth-order valence-electron chi connectivity index (χ4n) is 2.42. The highest BCUT2D eigenvalue weighted by Gasteiger charge is 2.34. The molecule has 4 heteroatoms. The van der Waals surface area contributed by atoms with Crippen molar-refractivity contribution < 1.29 is 14.6 Å². The molecular formula is C14H27NO3. The summed E-state index contributed by atoms with van der Waals surface area (Å²) in [6.07, 6.45) is 4.47. The van der Waals surface area contributed by atoms with Gasteiger partial charge in [0.25, 0.3) is 0 Å². The van der Waals surface area contributed by atoms with E-state index in [1.807, 2.05) is 20.8 Å². The van der Waals surface area contributed by atoms with Crippen molar-refractivity contribution in [1.82, 2.24) is 5.32 Å². The van der Waals surface area contributed by atoms with Gasteiger partial charge in [0.2, 0.25) is 0 Å². The topological polar surface area (TPSA) is 58.6 Å². The van der Waals surface area contributed by atoms with E-state index < -0.39 is 17.2 Å². The summed E-state index contributed by atoms with van der Waals surface area (Å²) < 4.78 is 5.27. The van der Waals surface area contributed by atoms with Crippen molar-refractivity contribution in [2.24, 2.45) is 5.92 Å². The molecular weight excluding hydrogens is 230 g/mol. The van der Waals surface area contributed by atoms with Crippen molar-refractivity contribution in [3.05, 3.63) is 0 Å². The van der Waals surface area contributed by atoms with Gasteiger partial charge in [-0.05, 0) is 46.0 Å². The normalized spacial score (nSPS) is 29.5. The van der Waals surface area contributed by atoms with Crippen LogP contribution in [0, 0.1) is 5.92 Å². The minimum atomic E-state index is -0.501. The van der Waals surface area contributed by atoms with E-state index in [0.29, 0.717) is 5.92 Å². The van der Waals surface area contributed by atoms with Crippen LogP contribution in [0.5, 0.6) is 0 Å². The first-order valence-corrected chi connectivity index (χ1v) is 6.88. The van der Waals surface area contributed by atoms with Crippen LogP contribution in [0.2, 0.25) is 0 Å². The molecule has 1 rings (SSSR count). The second-order valence-corrected chi connectivity index (χ2v) is 6.60. The van der Waals surface area contributed by atoms with Crippen LogP contribution in [0.25, 0.3) is 0 Å². The number of rotatable bonds is 2. The molecule has 18 heavy (non-hydrogen) atoms. The van der Waals surface area contributed by atoms with Gasteiger partial charge < -0.3 is 15.2 Å². The monoisotopic (exact) mass is 257 g/mol. The predicted octanol–water partition coefficient (Wildman–Crippen LogP) is 2.84. The summed E-state index contributed by atoms with van der Waals surface area (Å²) in [5.74, 6) is 0.666. The van der Waals surface area contributed by atoms with E-state index in [9.17, 15) is 9.90 Å². The molecule has 2 unspecified atom stereocenters. The molecule has 0 aromatic carbocycles. The second kappa shape index (κ2) is 5.91. The molecule has 1 aliphatic carbocycles. The van der Waals surface area contributed by atoms with E-state index in [1.165, 1.54) is 0 Å². The van der Waals surface area contributed by atoms with Gasteiger partial charge in [-0.15, -0.1) is 0 Å². The molecule has 0 saturated heterocycles. The minimum Gasteiger partial charge on any atom is -0.444 e. The zero-order chi connectivity index (χ0) is 13.8. The fraction of sp³-hybridized carbons (Fsp3) is 0.929. The third-order valence-corrected chi connectivity index (χ3v) is 3.54. The first kappa shape index (κ1) is 15.3. The van der Waals surface area contributed by atoms with Crippen LogP contribution in [0.15, 0.2) is 0 Å². The van der Waals surface area contributed by atoms with Crippen LogP contribution in [0.4, 0.5) is 4.79 Å². The standard InChI is InChI=1S/C14H27NO3/c1-11-6-5-8-14(10-16,9-7-11)15-12(17)18-13(2,3)4/h11,16H,5-10H2,1-4H3,(H,15,17). The number of carbonyl (C=O) groups is 1. The summed E-state index contributed by atoms with van der Waals surface area (Å²) in [5.41, 5.74) is -0.994. The Labute approximate surface area is 110 Å². The van der Waals surface area contributed by atoms with Crippen LogP contribution >= 0.6 is 0 Å². The van der Waals surface area contributed by atoms with Gasteiger partial charge in [0.1, 0.15) is 5.60 Å². The number of amides is 1. The summed E-state index contributed by atoms with van der Waals surface area (Å²) in [4.78, 5) is 11.8. The molecule has 0 aromatic rings. The van der Waals surface area contributed by atoms with Gasteiger partial charge in [-0.25, -0.2) is 4.79 Å². The number of aliphatic hydroxyl groups excluding tert-OH is 1. The average molecular weight is 257 g/mol. The summed E-state index contributed by atoms with van der Waals surface area (Å²) in [6.45, 7) is 7.73. The van der Waals surface area contributed by atoms with Gasteiger partial charge >= 0.3 is 6.09 Å². The van der Waals surface area contributed by atoms with Crippen LogP contribution in [-0.2, 0) is 4.74 Å². The zero-order valence-corrected chi connectivity index (χ0v) is 12.1. The molecule has 0 spiro atoms.